The van der Waals surface area contributed by atoms with Crippen molar-refractivity contribution in [2.75, 3.05) is 13.2 Å². The van der Waals surface area contributed by atoms with Gasteiger partial charge in [-0.05, 0) is 61.7 Å². The van der Waals surface area contributed by atoms with Crippen LogP contribution < -0.4 is 10.1 Å². The van der Waals surface area contributed by atoms with Gasteiger partial charge in [0.1, 0.15) is 11.6 Å². The second-order valence-electron chi connectivity index (χ2n) is 6.99. The van der Waals surface area contributed by atoms with Gasteiger partial charge in [-0.25, -0.2) is 4.98 Å². The molecule has 0 spiro atoms. The Morgan fingerprint density at radius 2 is 2.00 bits per heavy atom. The van der Waals surface area contributed by atoms with Gasteiger partial charge in [-0.2, -0.15) is 0 Å². The van der Waals surface area contributed by atoms with Crippen molar-refractivity contribution in [2.45, 2.75) is 33.2 Å². The number of aromatic nitrogens is 2. The van der Waals surface area contributed by atoms with Crippen molar-refractivity contribution in [3.05, 3.63) is 71.0 Å². The van der Waals surface area contributed by atoms with Crippen LogP contribution in [0.4, 0.5) is 0 Å². The lowest BCUT2D eigenvalue weighted by atomic mass is 10.1. The van der Waals surface area contributed by atoms with Crippen LogP contribution >= 0.6 is 11.6 Å². The first-order valence-electron chi connectivity index (χ1n) is 9.73. The van der Waals surface area contributed by atoms with E-state index in [1.807, 2.05) is 44.2 Å². The molecule has 152 valence electrons. The molecule has 0 atom stereocenters. The molecule has 0 unspecified atom stereocenters. The third kappa shape index (κ3) is 5.18. The van der Waals surface area contributed by atoms with E-state index in [0.29, 0.717) is 19.6 Å². The van der Waals surface area contributed by atoms with Crippen molar-refractivity contribution in [3.8, 4) is 5.75 Å². The highest BCUT2D eigenvalue weighted by molar-refractivity contribution is 6.32. The summed E-state index contributed by atoms with van der Waals surface area (Å²) in [6.07, 6.45) is 2.78. The minimum Gasteiger partial charge on any atom is -0.494 e. The standard InChI is InChI=1S/C23H26ClN3O2/c1-4-22(28)25-11-10-21-26-19-8-5-6-9-20(19)27(21)12-7-13-29-18-14-16(2)23(24)17(3)15-18/h4-6,8-9,14-15H,1,7,10-13H2,2-3H3,(H,25,28). The number of hydrogen-bond acceptors (Lipinski definition) is 3. The summed E-state index contributed by atoms with van der Waals surface area (Å²) in [5.74, 6) is 1.62. The lowest BCUT2D eigenvalue weighted by molar-refractivity contribution is -0.116. The van der Waals surface area contributed by atoms with Crippen LogP contribution in [-0.4, -0.2) is 28.6 Å². The largest absolute Gasteiger partial charge is 0.494 e. The van der Waals surface area contributed by atoms with E-state index >= 15 is 0 Å². The summed E-state index contributed by atoms with van der Waals surface area (Å²) in [6.45, 7) is 9.35. The first kappa shape index (κ1) is 20.9. The van der Waals surface area contributed by atoms with Crippen LogP contribution in [0.15, 0.2) is 49.1 Å². The predicted octanol–water partition coefficient (Wildman–Crippen LogP) is 4.62. The number of aryl methyl sites for hydroxylation is 3. The van der Waals surface area contributed by atoms with Crippen LogP contribution in [0.1, 0.15) is 23.4 Å². The number of hydrogen-bond donors (Lipinski definition) is 1. The molecule has 2 aromatic carbocycles. The van der Waals surface area contributed by atoms with Crippen molar-refractivity contribution in [3.63, 3.8) is 0 Å². The Morgan fingerprint density at radius 3 is 2.72 bits per heavy atom. The van der Waals surface area contributed by atoms with Gasteiger partial charge < -0.3 is 14.6 Å². The molecule has 3 aromatic rings. The Bertz CT molecular complexity index is 1000. The topological polar surface area (TPSA) is 56.2 Å². The zero-order valence-corrected chi connectivity index (χ0v) is 17.6. The number of rotatable bonds is 9. The lowest BCUT2D eigenvalue weighted by Gasteiger charge is -2.12. The molecule has 0 radical (unpaired) electrons. The Hall–Kier alpha value is -2.79. The molecule has 3 rings (SSSR count). The summed E-state index contributed by atoms with van der Waals surface area (Å²) in [5.41, 5.74) is 4.09. The number of nitrogens with zero attached hydrogens (tertiary/aromatic N) is 2. The highest BCUT2D eigenvalue weighted by atomic mass is 35.5. The van der Waals surface area contributed by atoms with Crippen LogP contribution in [0.3, 0.4) is 0 Å². The van der Waals surface area contributed by atoms with E-state index in [4.69, 9.17) is 21.3 Å². The fraction of sp³-hybridized carbons (Fsp3) is 0.304. The van der Waals surface area contributed by atoms with Crippen LogP contribution in [0.2, 0.25) is 5.02 Å². The summed E-state index contributed by atoms with van der Waals surface area (Å²) in [6, 6.07) is 12.0. The van der Waals surface area contributed by atoms with Crippen LogP contribution in [-0.2, 0) is 17.8 Å². The van der Waals surface area contributed by atoms with E-state index in [2.05, 4.69) is 22.5 Å². The first-order chi connectivity index (χ1) is 14.0. The summed E-state index contributed by atoms with van der Waals surface area (Å²) >= 11 is 6.22. The monoisotopic (exact) mass is 411 g/mol. The van der Waals surface area contributed by atoms with Gasteiger partial charge >= 0.3 is 0 Å². The van der Waals surface area contributed by atoms with Crippen molar-refractivity contribution < 1.29 is 9.53 Å². The van der Waals surface area contributed by atoms with E-state index in [-0.39, 0.29) is 5.91 Å². The summed E-state index contributed by atoms with van der Waals surface area (Å²) < 4.78 is 8.15. The third-order valence-electron chi connectivity index (χ3n) is 4.77. The molecule has 1 aromatic heterocycles. The molecular formula is C23H26ClN3O2. The Kier molecular flexibility index (Phi) is 6.94. The molecule has 5 nitrogen and oxygen atoms in total. The van der Waals surface area contributed by atoms with Gasteiger partial charge in [-0.15, -0.1) is 0 Å². The van der Waals surface area contributed by atoms with Gasteiger partial charge in [-0.3, -0.25) is 4.79 Å². The number of imidazole rings is 1. The Labute approximate surface area is 176 Å². The van der Waals surface area contributed by atoms with E-state index in [1.165, 1.54) is 6.08 Å². The number of para-hydroxylation sites is 2. The average Bonchev–Trinajstić information content (AvgIpc) is 3.06. The zero-order valence-electron chi connectivity index (χ0n) is 16.9. The van der Waals surface area contributed by atoms with Crippen LogP contribution in [0.25, 0.3) is 11.0 Å². The number of ether oxygens (including phenoxy) is 1. The highest BCUT2D eigenvalue weighted by Gasteiger charge is 2.11. The third-order valence-corrected chi connectivity index (χ3v) is 5.37. The first-order valence-corrected chi connectivity index (χ1v) is 10.1. The van der Waals surface area contributed by atoms with Gasteiger partial charge in [0.15, 0.2) is 0 Å². The van der Waals surface area contributed by atoms with Gasteiger partial charge in [0, 0.05) is 24.5 Å². The maximum absolute atomic E-state index is 11.4. The number of nitrogens with one attached hydrogen (secondary N) is 1. The average molecular weight is 412 g/mol. The molecule has 0 aliphatic rings. The van der Waals surface area contributed by atoms with Crippen LogP contribution in [0, 0.1) is 13.8 Å². The van der Waals surface area contributed by atoms with Crippen molar-refractivity contribution >= 4 is 28.5 Å². The predicted molar refractivity (Wildman–Crippen MR) is 118 cm³/mol. The normalized spacial score (nSPS) is 10.9. The second kappa shape index (κ2) is 9.61. The van der Waals surface area contributed by atoms with E-state index in [0.717, 1.165) is 51.7 Å². The van der Waals surface area contributed by atoms with Crippen molar-refractivity contribution in [1.82, 2.24) is 14.9 Å². The van der Waals surface area contributed by atoms with Crippen molar-refractivity contribution in [1.29, 1.82) is 0 Å². The number of halogens is 1. The number of carbonyl (C=O) groups is 1. The molecule has 0 bridgehead atoms. The number of carbonyl (C=O) groups excluding carboxylic acids is 1. The van der Waals surface area contributed by atoms with Gasteiger partial charge in [0.25, 0.3) is 0 Å². The Balaban J connectivity index is 1.64. The van der Waals surface area contributed by atoms with E-state index in [9.17, 15) is 4.79 Å². The smallest absolute Gasteiger partial charge is 0.243 e. The number of benzene rings is 2. The summed E-state index contributed by atoms with van der Waals surface area (Å²) in [5, 5.41) is 3.60. The lowest BCUT2D eigenvalue weighted by Crippen LogP contribution is -2.24. The number of amides is 1. The fourth-order valence-electron chi connectivity index (χ4n) is 3.34. The maximum atomic E-state index is 11.4. The van der Waals surface area contributed by atoms with Gasteiger partial charge in [-0.1, -0.05) is 30.3 Å². The zero-order chi connectivity index (χ0) is 20.8. The Morgan fingerprint density at radius 1 is 1.28 bits per heavy atom. The molecular weight excluding hydrogens is 386 g/mol. The van der Waals surface area contributed by atoms with E-state index in [1.54, 1.807) is 0 Å². The molecule has 6 heteroatoms. The molecule has 0 aliphatic carbocycles. The highest BCUT2D eigenvalue weighted by Crippen LogP contribution is 2.26. The van der Waals surface area contributed by atoms with Crippen LogP contribution in [0.5, 0.6) is 5.75 Å². The fourth-order valence-corrected chi connectivity index (χ4v) is 3.45. The molecule has 0 saturated carbocycles. The molecule has 0 saturated heterocycles. The second-order valence-corrected chi connectivity index (χ2v) is 7.36. The summed E-state index contributed by atoms with van der Waals surface area (Å²) in [7, 11) is 0. The molecule has 0 fully saturated rings. The molecule has 29 heavy (non-hydrogen) atoms. The molecule has 1 amide bonds. The minimum absolute atomic E-state index is 0.172. The minimum atomic E-state index is -0.172. The SMILES string of the molecule is C=CC(=O)NCCc1nc2ccccc2n1CCCOc1cc(C)c(Cl)c(C)c1. The van der Waals surface area contributed by atoms with Gasteiger partial charge in [0.05, 0.1) is 17.6 Å². The molecule has 1 heterocycles. The number of fused-ring (bicyclic) bond motifs is 1. The van der Waals surface area contributed by atoms with Gasteiger partial charge in [0.2, 0.25) is 5.91 Å². The van der Waals surface area contributed by atoms with E-state index < -0.39 is 0 Å². The maximum Gasteiger partial charge on any atom is 0.243 e. The molecule has 0 aliphatic heterocycles. The quantitative estimate of drug-likeness (QED) is 0.413. The summed E-state index contributed by atoms with van der Waals surface area (Å²) in [4.78, 5) is 16.1. The van der Waals surface area contributed by atoms with Crippen molar-refractivity contribution in [2.24, 2.45) is 0 Å². The molecule has 1 N–H and O–H groups in total.